The third-order valence-corrected chi connectivity index (χ3v) is 3.52. The Kier molecular flexibility index (Phi) is 3.74. The molecular weight excluding hydrogens is 256 g/mol. The Morgan fingerprint density at radius 3 is 2.70 bits per heavy atom. The van der Waals surface area contributed by atoms with Gasteiger partial charge in [0.1, 0.15) is 18.3 Å². The van der Waals surface area contributed by atoms with Crippen LogP contribution in [0.3, 0.4) is 0 Å². The molecule has 104 valence electrons. The molecule has 1 aliphatic heterocycles. The zero-order chi connectivity index (χ0) is 14.8. The summed E-state index contributed by atoms with van der Waals surface area (Å²) in [6.45, 7) is 5.52. The second kappa shape index (κ2) is 5.33. The molecular formula is C16H16O4. The van der Waals surface area contributed by atoms with Crippen LogP contribution in [0.15, 0.2) is 49.1 Å². The van der Waals surface area contributed by atoms with E-state index in [2.05, 4.69) is 6.58 Å². The van der Waals surface area contributed by atoms with Gasteiger partial charge in [-0.2, -0.15) is 0 Å². The lowest BCUT2D eigenvalue weighted by Gasteiger charge is -2.20. The summed E-state index contributed by atoms with van der Waals surface area (Å²) in [4.78, 5) is 23.9. The first-order valence-electron chi connectivity index (χ1n) is 6.28. The van der Waals surface area contributed by atoms with Gasteiger partial charge >= 0.3 is 5.97 Å². The number of ether oxygens (including phenoxy) is 1. The largest absolute Gasteiger partial charge is 0.507 e. The number of hydrogen-bond acceptors (Lipinski definition) is 4. The summed E-state index contributed by atoms with van der Waals surface area (Å²) in [6.07, 6.45) is 2.63. The highest BCUT2D eigenvalue weighted by molar-refractivity contribution is 6.09. The van der Waals surface area contributed by atoms with Crippen molar-refractivity contribution in [2.24, 2.45) is 11.3 Å². The molecule has 1 aliphatic rings. The molecule has 0 unspecified atom stereocenters. The van der Waals surface area contributed by atoms with E-state index < -0.39 is 23.1 Å². The van der Waals surface area contributed by atoms with Crippen molar-refractivity contribution in [1.82, 2.24) is 0 Å². The van der Waals surface area contributed by atoms with Gasteiger partial charge < -0.3 is 9.84 Å². The summed E-state index contributed by atoms with van der Waals surface area (Å²) >= 11 is 0. The maximum atomic E-state index is 12.2. The number of carbonyl (C=O) groups excluding carboxylic acids is 2. The lowest BCUT2D eigenvalue weighted by atomic mass is 9.77. The Morgan fingerprint density at radius 2 is 2.10 bits per heavy atom. The molecule has 20 heavy (non-hydrogen) atoms. The zero-order valence-corrected chi connectivity index (χ0v) is 11.2. The molecule has 4 nitrogen and oxygen atoms in total. The van der Waals surface area contributed by atoms with E-state index in [1.807, 2.05) is 6.07 Å². The summed E-state index contributed by atoms with van der Waals surface area (Å²) in [7, 11) is 0. The number of ketones is 1. The lowest BCUT2D eigenvalue weighted by Crippen LogP contribution is -2.31. The minimum absolute atomic E-state index is 0.131. The molecule has 0 spiro atoms. The van der Waals surface area contributed by atoms with Crippen LogP contribution in [-0.4, -0.2) is 23.5 Å². The van der Waals surface area contributed by atoms with Crippen molar-refractivity contribution in [2.75, 3.05) is 6.61 Å². The Hall–Kier alpha value is -2.36. The molecule has 4 heteroatoms. The van der Waals surface area contributed by atoms with Crippen LogP contribution in [0.2, 0.25) is 0 Å². The third kappa shape index (κ3) is 2.50. The van der Waals surface area contributed by atoms with Crippen LogP contribution in [0.25, 0.3) is 5.76 Å². The van der Waals surface area contributed by atoms with Gasteiger partial charge in [-0.1, -0.05) is 43.3 Å². The smallest absolute Gasteiger partial charge is 0.317 e. The van der Waals surface area contributed by atoms with Crippen molar-refractivity contribution in [2.45, 2.75) is 6.92 Å². The molecule has 0 saturated carbocycles. The fraction of sp³-hybridized carbons (Fsp3) is 0.250. The van der Waals surface area contributed by atoms with Gasteiger partial charge in [0.05, 0.1) is 0 Å². The van der Waals surface area contributed by atoms with E-state index in [1.54, 1.807) is 37.3 Å². The summed E-state index contributed by atoms with van der Waals surface area (Å²) in [5.74, 6) is -2.17. The monoisotopic (exact) mass is 272 g/mol. The molecule has 0 radical (unpaired) electrons. The van der Waals surface area contributed by atoms with E-state index in [4.69, 9.17) is 4.74 Å². The van der Waals surface area contributed by atoms with Crippen LogP contribution in [0.4, 0.5) is 0 Å². The van der Waals surface area contributed by atoms with Crippen LogP contribution in [0.5, 0.6) is 0 Å². The molecule has 0 amide bonds. The van der Waals surface area contributed by atoms with Gasteiger partial charge in [-0.25, -0.2) is 0 Å². The Labute approximate surface area is 117 Å². The number of aliphatic hydroxyl groups is 1. The SMILES string of the molecule is C=C[C@@]1(C)COC(=O)[C@H]1C(=O)C=C(O)c1ccccc1. The van der Waals surface area contributed by atoms with Crippen molar-refractivity contribution in [1.29, 1.82) is 0 Å². The van der Waals surface area contributed by atoms with Gasteiger partial charge in [-0.3, -0.25) is 9.59 Å². The quantitative estimate of drug-likeness (QED) is 0.301. The molecule has 2 rings (SSSR count). The van der Waals surface area contributed by atoms with Crippen LogP contribution in [-0.2, 0) is 14.3 Å². The van der Waals surface area contributed by atoms with Crippen molar-refractivity contribution < 1.29 is 19.4 Å². The van der Waals surface area contributed by atoms with Crippen LogP contribution < -0.4 is 0 Å². The standard InChI is InChI=1S/C16H16O4/c1-3-16(2)10-20-15(19)14(16)13(18)9-12(17)11-7-5-4-6-8-11/h3-9,14,17H,1,10H2,2H3/t14-,16+/m1/s1. The highest BCUT2D eigenvalue weighted by Gasteiger charge is 2.48. The van der Waals surface area contributed by atoms with E-state index in [-0.39, 0.29) is 12.4 Å². The van der Waals surface area contributed by atoms with Gasteiger partial charge in [0.15, 0.2) is 5.78 Å². The Balaban J connectivity index is 2.28. The molecule has 0 aromatic heterocycles. The van der Waals surface area contributed by atoms with Crippen molar-refractivity contribution >= 4 is 17.5 Å². The number of aliphatic hydroxyl groups excluding tert-OH is 1. The first-order chi connectivity index (χ1) is 9.48. The number of cyclic esters (lactones) is 1. The zero-order valence-electron chi connectivity index (χ0n) is 11.2. The maximum Gasteiger partial charge on any atom is 0.317 e. The fourth-order valence-corrected chi connectivity index (χ4v) is 2.19. The first-order valence-corrected chi connectivity index (χ1v) is 6.28. The number of rotatable bonds is 4. The Morgan fingerprint density at radius 1 is 1.45 bits per heavy atom. The topological polar surface area (TPSA) is 63.6 Å². The summed E-state index contributed by atoms with van der Waals surface area (Å²) in [6, 6.07) is 8.67. The second-order valence-corrected chi connectivity index (χ2v) is 5.05. The van der Waals surface area contributed by atoms with Gasteiger partial charge in [-0.15, -0.1) is 6.58 Å². The predicted molar refractivity (Wildman–Crippen MR) is 74.8 cm³/mol. The molecule has 1 aromatic carbocycles. The van der Waals surface area contributed by atoms with Crippen LogP contribution in [0, 0.1) is 11.3 Å². The Bertz CT molecular complexity index is 573. The molecule has 1 fully saturated rings. The summed E-state index contributed by atoms with van der Waals surface area (Å²) < 4.78 is 4.94. The number of carbonyl (C=O) groups is 2. The average Bonchev–Trinajstić information content (AvgIpc) is 2.76. The third-order valence-electron chi connectivity index (χ3n) is 3.52. The normalized spacial score (nSPS) is 26.1. The van der Waals surface area contributed by atoms with E-state index >= 15 is 0 Å². The fourth-order valence-electron chi connectivity index (χ4n) is 2.19. The number of allylic oxidation sites excluding steroid dienone is 1. The minimum atomic E-state index is -0.953. The van der Waals surface area contributed by atoms with E-state index in [9.17, 15) is 14.7 Å². The number of hydrogen-bond donors (Lipinski definition) is 1. The molecule has 2 atom stereocenters. The molecule has 1 N–H and O–H groups in total. The average molecular weight is 272 g/mol. The highest BCUT2D eigenvalue weighted by atomic mass is 16.5. The van der Waals surface area contributed by atoms with E-state index in [0.717, 1.165) is 6.08 Å². The number of benzene rings is 1. The molecule has 0 aliphatic carbocycles. The molecule has 0 bridgehead atoms. The molecule has 1 saturated heterocycles. The van der Waals surface area contributed by atoms with E-state index in [0.29, 0.717) is 5.56 Å². The minimum Gasteiger partial charge on any atom is -0.507 e. The van der Waals surface area contributed by atoms with Gasteiger partial charge in [0.2, 0.25) is 0 Å². The summed E-state index contributed by atoms with van der Waals surface area (Å²) in [5.41, 5.74) is -0.214. The van der Waals surface area contributed by atoms with Crippen molar-refractivity contribution in [3.63, 3.8) is 0 Å². The molecule has 1 aromatic rings. The highest BCUT2D eigenvalue weighted by Crippen LogP contribution is 2.37. The first kappa shape index (κ1) is 14.1. The molecule has 1 heterocycles. The van der Waals surface area contributed by atoms with E-state index in [1.165, 1.54) is 0 Å². The summed E-state index contributed by atoms with van der Waals surface area (Å²) in [5, 5.41) is 9.94. The van der Waals surface area contributed by atoms with Gasteiger partial charge in [0.25, 0.3) is 0 Å². The van der Waals surface area contributed by atoms with Crippen molar-refractivity contribution in [3.05, 3.63) is 54.6 Å². The van der Waals surface area contributed by atoms with Crippen LogP contribution >= 0.6 is 0 Å². The number of esters is 1. The second-order valence-electron chi connectivity index (χ2n) is 5.05. The maximum absolute atomic E-state index is 12.2. The lowest BCUT2D eigenvalue weighted by molar-refractivity contribution is -0.143. The van der Waals surface area contributed by atoms with Crippen LogP contribution in [0.1, 0.15) is 12.5 Å². The predicted octanol–water partition coefficient (Wildman–Crippen LogP) is 2.52. The van der Waals surface area contributed by atoms with Crippen molar-refractivity contribution in [3.8, 4) is 0 Å². The van der Waals surface area contributed by atoms with Gasteiger partial charge in [-0.05, 0) is 0 Å². The van der Waals surface area contributed by atoms with Gasteiger partial charge in [0, 0.05) is 17.1 Å².